The molecule has 1 fully saturated rings. The van der Waals surface area contributed by atoms with Crippen LogP contribution in [0.4, 0.5) is 0 Å². The van der Waals surface area contributed by atoms with E-state index in [0.717, 1.165) is 12.3 Å². The first-order valence-electron chi connectivity index (χ1n) is 4.36. The van der Waals surface area contributed by atoms with Gasteiger partial charge in [-0.25, -0.2) is 0 Å². The van der Waals surface area contributed by atoms with Crippen molar-refractivity contribution in [2.75, 3.05) is 0 Å². The summed E-state index contributed by atoms with van der Waals surface area (Å²) in [6, 6.07) is 0. The zero-order chi connectivity index (χ0) is 8.43. The minimum absolute atomic E-state index is 0.0640. The van der Waals surface area contributed by atoms with Gasteiger partial charge in [-0.05, 0) is 36.3 Å². The van der Waals surface area contributed by atoms with Crippen molar-refractivity contribution in [2.24, 2.45) is 17.8 Å². The molecule has 0 radical (unpaired) electrons. The van der Waals surface area contributed by atoms with E-state index in [1.165, 1.54) is 12.8 Å². The Balaban J connectivity index is 2.45. The second-order valence-corrected chi connectivity index (χ2v) is 3.87. The zero-order valence-corrected chi connectivity index (χ0v) is 7.90. The Morgan fingerprint density at radius 2 is 2.18 bits per heavy atom. The van der Waals surface area contributed by atoms with Crippen molar-refractivity contribution in [3.63, 3.8) is 0 Å². The molecule has 0 aromatic heterocycles. The van der Waals surface area contributed by atoms with Gasteiger partial charge in [0.25, 0.3) is 0 Å². The summed E-state index contributed by atoms with van der Waals surface area (Å²) in [6.07, 6.45) is 3.68. The smallest absolute Gasteiger partial charge is 0.224 e. The second-order valence-electron chi connectivity index (χ2n) is 3.50. The topological polar surface area (TPSA) is 17.1 Å². The lowest BCUT2D eigenvalue weighted by atomic mass is 9.88. The molecular formula is C9H15ClO. The van der Waals surface area contributed by atoms with Gasteiger partial charge in [0.15, 0.2) is 0 Å². The van der Waals surface area contributed by atoms with Crippen molar-refractivity contribution < 1.29 is 4.79 Å². The Labute approximate surface area is 73.1 Å². The minimum atomic E-state index is -0.163. The van der Waals surface area contributed by atoms with Crippen molar-refractivity contribution in [1.82, 2.24) is 0 Å². The molecule has 0 amide bonds. The van der Waals surface area contributed by atoms with Gasteiger partial charge < -0.3 is 0 Å². The maximum absolute atomic E-state index is 10.8. The summed E-state index contributed by atoms with van der Waals surface area (Å²) in [5, 5.41) is -0.163. The molecule has 0 heterocycles. The number of hydrogen-bond donors (Lipinski definition) is 0. The van der Waals surface area contributed by atoms with E-state index in [9.17, 15) is 4.79 Å². The summed E-state index contributed by atoms with van der Waals surface area (Å²) in [5.41, 5.74) is 0. The maximum Gasteiger partial charge on any atom is 0.224 e. The third-order valence-corrected chi connectivity index (χ3v) is 3.04. The van der Waals surface area contributed by atoms with Crippen LogP contribution in [0.5, 0.6) is 0 Å². The molecule has 0 N–H and O–H groups in total. The predicted molar refractivity (Wildman–Crippen MR) is 46.5 cm³/mol. The molecule has 64 valence electrons. The molecule has 0 aliphatic heterocycles. The summed E-state index contributed by atoms with van der Waals surface area (Å²) in [5.74, 6) is 1.40. The highest BCUT2D eigenvalue weighted by Gasteiger charge is 2.35. The molecule has 11 heavy (non-hydrogen) atoms. The molecule has 0 bridgehead atoms. The van der Waals surface area contributed by atoms with Crippen LogP contribution in [-0.2, 0) is 4.79 Å². The quantitative estimate of drug-likeness (QED) is 0.599. The fraction of sp³-hybridized carbons (Fsp3) is 0.889. The third kappa shape index (κ3) is 2.19. The van der Waals surface area contributed by atoms with Gasteiger partial charge in [0, 0.05) is 5.92 Å². The SMILES string of the molecule is CCC(C1CC1)C(C)C(=O)Cl. The van der Waals surface area contributed by atoms with Crippen LogP contribution in [0.3, 0.4) is 0 Å². The molecule has 2 heteroatoms. The van der Waals surface area contributed by atoms with Gasteiger partial charge in [0.05, 0.1) is 0 Å². The number of carbonyl (C=O) groups is 1. The summed E-state index contributed by atoms with van der Waals surface area (Å²) in [4.78, 5) is 10.8. The van der Waals surface area contributed by atoms with Crippen molar-refractivity contribution in [3.05, 3.63) is 0 Å². The molecule has 2 unspecified atom stereocenters. The average molecular weight is 175 g/mol. The van der Waals surface area contributed by atoms with Crippen LogP contribution in [0.15, 0.2) is 0 Å². The Bertz CT molecular complexity index is 152. The Hall–Kier alpha value is -0.0400. The standard InChI is InChI=1S/C9H15ClO/c1-3-8(7-4-5-7)6(2)9(10)11/h6-8H,3-5H2,1-2H3. The van der Waals surface area contributed by atoms with E-state index in [1.54, 1.807) is 0 Å². The van der Waals surface area contributed by atoms with Gasteiger partial charge in [-0.15, -0.1) is 0 Å². The van der Waals surface area contributed by atoms with E-state index in [0.29, 0.717) is 5.92 Å². The van der Waals surface area contributed by atoms with E-state index >= 15 is 0 Å². The van der Waals surface area contributed by atoms with Crippen LogP contribution < -0.4 is 0 Å². The van der Waals surface area contributed by atoms with Gasteiger partial charge in [0.2, 0.25) is 5.24 Å². The lowest BCUT2D eigenvalue weighted by Crippen LogP contribution is -2.18. The predicted octanol–water partition coefficient (Wildman–Crippen LogP) is 2.82. The number of hydrogen-bond acceptors (Lipinski definition) is 1. The normalized spacial score (nSPS) is 22.8. The lowest BCUT2D eigenvalue weighted by Gasteiger charge is -2.18. The summed E-state index contributed by atoms with van der Waals surface area (Å²) < 4.78 is 0. The van der Waals surface area contributed by atoms with E-state index in [2.05, 4.69) is 6.92 Å². The van der Waals surface area contributed by atoms with Gasteiger partial charge in [-0.3, -0.25) is 4.79 Å². The molecule has 0 aromatic carbocycles. The minimum Gasteiger partial charge on any atom is -0.281 e. The largest absolute Gasteiger partial charge is 0.281 e. The number of halogens is 1. The maximum atomic E-state index is 10.8. The molecule has 1 aliphatic carbocycles. The number of carbonyl (C=O) groups excluding carboxylic acids is 1. The van der Waals surface area contributed by atoms with Gasteiger partial charge >= 0.3 is 0 Å². The zero-order valence-electron chi connectivity index (χ0n) is 7.14. The Morgan fingerprint density at radius 3 is 2.45 bits per heavy atom. The molecule has 1 nitrogen and oxygen atoms in total. The highest BCUT2D eigenvalue weighted by Crippen LogP contribution is 2.42. The van der Waals surface area contributed by atoms with Crippen LogP contribution >= 0.6 is 11.6 Å². The fourth-order valence-corrected chi connectivity index (χ4v) is 1.95. The number of rotatable bonds is 4. The Morgan fingerprint density at radius 1 is 1.64 bits per heavy atom. The van der Waals surface area contributed by atoms with Gasteiger partial charge in [-0.2, -0.15) is 0 Å². The van der Waals surface area contributed by atoms with Gasteiger partial charge in [0.1, 0.15) is 0 Å². The first kappa shape index (κ1) is 9.05. The fourth-order valence-electron chi connectivity index (χ4n) is 1.79. The van der Waals surface area contributed by atoms with Crippen LogP contribution in [0.2, 0.25) is 0 Å². The van der Waals surface area contributed by atoms with Crippen LogP contribution in [0.25, 0.3) is 0 Å². The lowest BCUT2D eigenvalue weighted by molar-refractivity contribution is -0.116. The van der Waals surface area contributed by atoms with Crippen molar-refractivity contribution in [3.8, 4) is 0 Å². The van der Waals surface area contributed by atoms with Crippen LogP contribution in [0, 0.1) is 17.8 Å². The van der Waals surface area contributed by atoms with Gasteiger partial charge in [-0.1, -0.05) is 20.3 Å². The second kappa shape index (κ2) is 3.57. The molecular weight excluding hydrogens is 160 g/mol. The van der Waals surface area contributed by atoms with Crippen LogP contribution in [-0.4, -0.2) is 5.24 Å². The highest BCUT2D eigenvalue weighted by atomic mass is 35.5. The third-order valence-electron chi connectivity index (χ3n) is 2.70. The van der Waals surface area contributed by atoms with Crippen molar-refractivity contribution in [2.45, 2.75) is 33.1 Å². The summed E-state index contributed by atoms with van der Waals surface area (Å²) >= 11 is 5.43. The summed E-state index contributed by atoms with van der Waals surface area (Å²) in [6.45, 7) is 4.08. The van der Waals surface area contributed by atoms with E-state index in [1.807, 2.05) is 6.92 Å². The van der Waals surface area contributed by atoms with E-state index in [4.69, 9.17) is 11.6 Å². The molecule has 0 aromatic rings. The van der Waals surface area contributed by atoms with Crippen LogP contribution in [0.1, 0.15) is 33.1 Å². The molecule has 1 aliphatic rings. The van der Waals surface area contributed by atoms with Crippen molar-refractivity contribution >= 4 is 16.8 Å². The highest BCUT2D eigenvalue weighted by molar-refractivity contribution is 6.63. The van der Waals surface area contributed by atoms with Crippen molar-refractivity contribution in [1.29, 1.82) is 0 Å². The van der Waals surface area contributed by atoms with E-state index in [-0.39, 0.29) is 11.2 Å². The first-order chi connectivity index (χ1) is 5.16. The monoisotopic (exact) mass is 174 g/mol. The molecule has 0 spiro atoms. The molecule has 1 rings (SSSR count). The molecule has 0 saturated heterocycles. The molecule has 1 saturated carbocycles. The molecule has 2 atom stereocenters. The summed E-state index contributed by atoms with van der Waals surface area (Å²) in [7, 11) is 0. The Kier molecular flexibility index (Phi) is 2.94. The first-order valence-corrected chi connectivity index (χ1v) is 4.74. The average Bonchev–Trinajstić information content (AvgIpc) is 2.72. The van der Waals surface area contributed by atoms with E-state index < -0.39 is 0 Å².